The van der Waals surface area contributed by atoms with Crippen molar-refractivity contribution >= 4 is 17.5 Å². The number of hydrogen-bond donors (Lipinski definition) is 2. The molecule has 2 rings (SSSR count). The molecular weight excluding hydrogens is 310 g/mol. The second-order valence-corrected chi connectivity index (χ2v) is 6.61. The first-order chi connectivity index (χ1) is 10.9. The summed E-state index contributed by atoms with van der Waals surface area (Å²) >= 11 is 5.90. The molecule has 0 aliphatic heterocycles. The lowest BCUT2D eigenvalue weighted by Gasteiger charge is -2.27. The molecule has 0 bridgehead atoms. The highest BCUT2D eigenvalue weighted by molar-refractivity contribution is 6.30. The highest BCUT2D eigenvalue weighted by Crippen LogP contribution is 2.25. The second kappa shape index (κ2) is 7.62. The third kappa shape index (κ3) is 4.57. The van der Waals surface area contributed by atoms with Gasteiger partial charge in [-0.05, 0) is 43.5 Å². The van der Waals surface area contributed by atoms with Gasteiger partial charge in [-0.15, -0.1) is 0 Å². The number of carbonyl (C=O) groups excluding carboxylic acids is 1. The van der Waals surface area contributed by atoms with Gasteiger partial charge in [0.15, 0.2) is 0 Å². The molecule has 0 saturated carbocycles. The summed E-state index contributed by atoms with van der Waals surface area (Å²) in [5, 5.41) is 13.2. The number of rotatable bonds is 6. The molecule has 1 unspecified atom stereocenters. The average Bonchev–Trinajstić information content (AvgIpc) is 2.55. The van der Waals surface area contributed by atoms with Gasteiger partial charge >= 0.3 is 0 Å². The number of hydrogen-bond acceptors (Lipinski definition) is 2. The molecule has 0 aliphatic rings. The Hall–Kier alpha value is -1.84. The van der Waals surface area contributed by atoms with Crippen molar-refractivity contribution < 1.29 is 9.90 Å². The van der Waals surface area contributed by atoms with Crippen molar-refractivity contribution in [3.63, 3.8) is 0 Å². The van der Waals surface area contributed by atoms with Crippen LogP contribution in [-0.4, -0.2) is 23.7 Å². The van der Waals surface area contributed by atoms with E-state index >= 15 is 0 Å². The van der Waals surface area contributed by atoms with Crippen LogP contribution in [0.15, 0.2) is 54.6 Å². The lowest BCUT2D eigenvalue weighted by molar-refractivity contribution is -0.126. The maximum absolute atomic E-state index is 12.7. The minimum Gasteiger partial charge on any atom is -0.394 e. The van der Waals surface area contributed by atoms with E-state index < -0.39 is 5.41 Å². The summed E-state index contributed by atoms with van der Waals surface area (Å²) in [4.78, 5) is 12.7. The molecule has 2 aromatic carbocycles. The van der Waals surface area contributed by atoms with E-state index in [0.29, 0.717) is 11.4 Å². The molecule has 0 aliphatic carbocycles. The molecular formula is C19H22ClNO2. The van der Waals surface area contributed by atoms with Gasteiger partial charge in [0.25, 0.3) is 0 Å². The average molecular weight is 332 g/mol. The SMILES string of the molecule is CC(C)(C(=O)NC(CO)Cc1ccccc1)c1ccc(Cl)cc1. The van der Waals surface area contributed by atoms with E-state index in [1.54, 1.807) is 12.1 Å². The van der Waals surface area contributed by atoms with Crippen molar-refractivity contribution in [1.29, 1.82) is 0 Å². The zero-order valence-electron chi connectivity index (χ0n) is 13.4. The first-order valence-electron chi connectivity index (χ1n) is 7.65. The van der Waals surface area contributed by atoms with Crippen LogP contribution in [0.25, 0.3) is 0 Å². The third-order valence-electron chi connectivity index (χ3n) is 4.01. The Morgan fingerprint density at radius 3 is 2.30 bits per heavy atom. The van der Waals surface area contributed by atoms with E-state index in [1.807, 2.05) is 56.3 Å². The fourth-order valence-electron chi connectivity index (χ4n) is 2.42. The van der Waals surface area contributed by atoms with Crippen LogP contribution < -0.4 is 5.32 Å². The summed E-state index contributed by atoms with van der Waals surface area (Å²) in [6, 6.07) is 16.8. The standard InChI is InChI=1S/C19H22ClNO2/c1-19(2,15-8-10-16(20)11-9-15)18(23)21-17(13-22)12-14-6-4-3-5-7-14/h3-11,17,22H,12-13H2,1-2H3,(H,21,23). The molecule has 0 saturated heterocycles. The number of nitrogens with one attached hydrogen (secondary N) is 1. The molecule has 23 heavy (non-hydrogen) atoms. The number of aliphatic hydroxyl groups excluding tert-OH is 1. The summed E-state index contributed by atoms with van der Waals surface area (Å²) < 4.78 is 0. The predicted molar refractivity (Wildman–Crippen MR) is 93.6 cm³/mol. The topological polar surface area (TPSA) is 49.3 Å². The Bertz CT molecular complexity index is 638. The maximum atomic E-state index is 12.7. The van der Waals surface area contributed by atoms with Crippen LogP contribution in [0.3, 0.4) is 0 Å². The third-order valence-corrected chi connectivity index (χ3v) is 4.27. The lowest BCUT2D eigenvalue weighted by Crippen LogP contribution is -2.47. The fraction of sp³-hybridized carbons (Fsp3) is 0.316. The Kier molecular flexibility index (Phi) is 5.80. The Labute approximate surface area is 142 Å². The predicted octanol–water partition coefficient (Wildman–Crippen LogP) is 3.34. The second-order valence-electron chi connectivity index (χ2n) is 6.17. The van der Waals surface area contributed by atoms with Gasteiger partial charge in [0, 0.05) is 5.02 Å². The van der Waals surface area contributed by atoms with Crippen LogP contribution in [0.5, 0.6) is 0 Å². The largest absolute Gasteiger partial charge is 0.394 e. The van der Waals surface area contributed by atoms with Crippen LogP contribution in [0, 0.1) is 0 Å². The quantitative estimate of drug-likeness (QED) is 0.853. The molecule has 2 N–H and O–H groups in total. The summed E-state index contributed by atoms with van der Waals surface area (Å²) in [5.41, 5.74) is 1.27. The summed E-state index contributed by atoms with van der Waals surface area (Å²) in [7, 11) is 0. The minimum atomic E-state index is -0.700. The van der Waals surface area contributed by atoms with E-state index in [1.165, 1.54) is 0 Å². The molecule has 4 heteroatoms. The van der Waals surface area contributed by atoms with Crippen molar-refractivity contribution in [3.05, 3.63) is 70.7 Å². The zero-order chi connectivity index (χ0) is 16.9. The first-order valence-corrected chi connectivity index (χ1v) is 8.03. The smallest absolute Gasteiger partial charge is 0.230 e. The molecule has 1 amide bonds. The molecule has 122 valence electrons. The highest BCUT2D eigenvalue weighted by Gasteiger charge is 2.31. The van der Waals surface area contributed by atoms with Crippen LogP contribution in [0.1, 0.15) is 25.0 Å². The Morgan fingerprint density at radius 2 is 1.74 bits per heavy atom. The molecule has 3 nitrogen and oxygen atoms in total. The summed E-state index contributed by atoms with van der Waals surface area (Å²) in [5.74, 6) is -0.116. The number of halogens is 1. The Balaban J connectivity index is 2.07. The summed E-state index contributed by atoms with van der Waals surface area (Å²) in [6.07, 6.45) is 0.597. The van der Waals surface area contributed by atoms with E-state index in [-0.39, 0.29) is 18.6 Å². The first kappa shape index (κ1) is 17.5. The van der Waals surface area contributed by atoms with Crippen molar-refractivity contribution in [2.24, 2.45) is 0 Å². The van der Waals surface area contributed by atoms with Crippen LogP contribution in [0.2, 0.25) is 5.02 Å². The monoisotopic (exact) mass is 331 g/mol. The molecule has 0 spiro atoms. The van der Waals surface area contributed by atoms with Crippen molar-refractivity contribution in [2.75, 3.05) is 6.61 Å². The molecule has 0 aromatic heterocycles. The van der Waals surface area contributed by atoms with Gasteiger partial charge in [-0.1, -0.05) is 54.1 Å². The van der Waals surface area contributed by atoms with Gasteiger partial charge in [-0.3, -0.25) is 4.79 Å². The van der Waals surface area contributed by atoms with Gasteiger partial charge < -0.3 is 10.4 Å². The van der Waals surface area contributed by atoms with Crippen molar-refractivity contribution in [3.8, 4) is 0 Å². The normalized spacial score (nSPS) is 12.7. The zero-order valence-corrected chi connectivity index (χ0v) is 14.2. The van der Waals surface area contributed by atoms with Gasteiger partial charge in [-0.2, -0.15) is 0 Å². The number of benzene rings is 2. The van der Waals surface area contributed by atoms with Crippen LogP contribution in [-0.2, 0) is 16.6 Å². The van der Waals surface area contributed by atoms with Gasteiger partial charge in [0.1, 0.15) is 0 Å². The lowest BCUT2D eigenvalue weighted by atomic mass is 9.83. The highest BCUT2D eigenvalue weighted by atomic mass is 35.5. The number of amides is 1. The van der Waals surface area contributed by atoms with Crippen LogP contribution in [0.4, 0.5) is 0 Å². The summed E-state index contributed by atoms with van der Waals surface area (Å²) in [6.45, 7) is 3.63. The number of aliphatic hydroxyl groups is 1. The molecule has 1 atom stereocenters. The van der Waals surface area contributed by atoms with E-state index in [0.717, 1.165) is 11.1 Å². The number of carbonyl (C=O) groups is 1. The van der Waals surface area contributed by atoms with E-state index in [9.17, 15) is 9.90 Å². The van der Waals surface area contributed by atoms with Crippen molar-refractivity contribution in [2.45, 2.75) is 31.7 Å². The molecule has 2 aromatic rings. The molecule has 0 heterocycles. The molecule has 0 fully saturated rings. The van der Waals surface area contributed by atoms with Gasteiger partial charge in [0.2, 0.25) is 5.91 Å². The van der Waals surface area contributed by atoms with Crippen LogP contribution >= 0.6 is 11.6 Å². The fourth-order valence-corrected chi connectivity index (χ4v) is 2.55. The van der Waals surface area contributed by atoms with E-state index in [4.69, 9.17) is 11.6 Å². The Morgan fingerprint density at radius 1 is 1.13 bits per heavy atom. The van der Waals surface area contributed by atoms with E-state index in [2.05, 4.69) is 5.32 Å². The maximum Gasteiger partial charge on any atom is 0.230 e. The molecule has 0 radical (unpaired) electrons. The van der Waals surface area contributed by atoms with Gasteiger partial charge in [0.05, 0.1) is 18.1 Å². The van der Waals surface area contributed by atoms with Gasteiger partial charge in [-0.25, -0.2) is 0 Å². The van der Waals surface area contributed by atoms with Crippen molar-refractivity contribution in [1.82, 2.24) is 5.32 Å². The minimum absolute atomic E-state index is 0.0999.